The van der Waals surface area contributed by atoms with Gasteiger partial charge in [-0.2, -0.15) is 0 Å². The molecule has 0 bridgehead atoms. The molecule has 2 rings (SSSR count). The van der Waals surface area contributed by atoms with Crippen LogP contribution < -0.4 is 4.74 Å². The van der Waals surface area contributed by atoms with Crippen LogP contribution in [0.3, 0.4) is 0 Å². The number of rotatable bonds is 4. The van der Waals surface area contributed by atoms with E-state index in [1.165, 1.54) is 31.4 Å². The zero-order valence-electron chi connectivity index (χ0n) is 12.1. The number of carbonyl (C=O) groups is 1. The van der Waals surface area contributed by atoms with E-state index in [2.05, 4.69) is 9.47 Å². The molecule has 0 N–H and O–H groups in total. The lowest BCUT2D eigenvalue weighted by Crippen LogP contribution is -2.16. The fourth-order valence-electron chi connectivity index (χ4n) is 1.82. The lowest BCUT2D eigenvalue weighted by atomic mass is 10.1. The summed E-state index contributed by atoms with van der Waals surface area (Å²) in [6, 6.07) is 12.3. The number of alkyl halides is 3. The molecule has 2 aromatic rings. The Hall–Kier alpha value is -2.76. The van der Waals surface area contributed by atoms with Gasteiger partial charge in [-0.05, 0) is 35.4 Å². The standard InChI is InChI=1S/C17H13F3O3/c1-22-16(21)14-8-4-12(5-9-14)2-3-13-6-10-15(11-7-13)23-17(18,19)20/h2-11H,1H3. The molecule has 0 aromatic heterocycles. The van der Waals surface area contributed by atoms with Crippen molar-refractivity contribution in [3.8, 4) is 5.75 Å². The van der Waals surface area contributed by atoms with Crippen LogP contribution in [0, 0.1) is 0 Å². The van der Waals surface area contributed by atoms with Gasteiger partial charge in [0.2, 0.25) is 0 Å². The van der Waals surface area contributed by atoms with Gasteiger partial charge in [0, 0.05) is 0 Å². The van der Waals surface area contributed by atoms with Crippen LogP contribution in [0.4, 0.5) is 13.2 Å². The van der Waals surface area contributed by atoms with Crippen molar-refractivity contribution in [2.45, 2.75) is 6.36 Å². The van der Waals surface area contributed by atoms with Gasteiger partial charge in [0.15, 0.2) is 0 Å². The second-order valence-electron chi connectivity index (χ2n) is 4.56. The van der Waals surface area contributed by atoms with Crippen LogP contribution in [-0.2, 0) is 4.74 Å². The van der Waals surface area contributed by atoms with E-state index >= 15 is 0 Å². The molecule has 0 saturated carbocycles. The van der Waals surface area contributed by atoms with Gasteiger partial charge >= 0.3 is 12.3 Å². The van der Waals surface area contributed by atoms with Gasteiger partial charge in [0.25, 0.3) is 0 Å². The van der Waals surface area contributed by atoms with Gasteiger partial charge in [-0.15, -0.1) is 13.2 Å². The van der Waals surface area contributed by atoms with E-state index in [0.29, 0.717) is 5.56 Å². The Morgan fingerprint density at radius 2 is 1.39 bits per heavy atom. The SMILES string of the molecule is COC(=O)c1ccc(C=Cc2ccc(OC(F)(F)F)cc2)cc1. The molecule has 0 aliphatic rings. The maximum absolute atomic E-state index is 12.1. The van der Waals surface area contributed by atoms with Crippen molar-refractivity contribution in [1.82, 2.24) is 0 Å². The molecule has 23 heavy (non-hydrogen) atoms. The first-order valence-electron chi connectivity index (χ1n) is 6.60. The minimum absolute atomic E-state index is 0.267. The Morgan fingerprint density at radius 1 is 0.913 bits per heavy atom. The second kappa shape index (κ2) is 7.00. The van der Waals surface area contributed by atoms with Crippen molar-refractivity contribution in [3.63, 3.8) is 0 Å². The van der Waals surface area contributed by atoms with Crippen LogP contribution in [0.25, 0.3) is 12.2 Å². The van der Waals surface area contributed by atoms with E-state index in [1.54, 1.807) is 36.4 Å². The van der Waals surface area contributed by atoms with Crippen LogP contribution in [0.5, 0.6) is 5.75 Å². The average molecular weight is 322 g/mol. The minimum Gasteiger partial charge on any atom is -0.465 e. The van der Waals surface area contributed by atoms with Crippen molar-refractivity contribution in [3.05, 3.63) is 65.2 Å². The number of ether oxygens (including phenoxy) is 2. The molecule has 0 fully saturated rings. The number of hydrogen-bond donors (Lipinski definition) is 0. The molecule has 3 nitrogen and oxygen atoms in total. The maximum atomic E-state index is 12.1. The lowest BCUT2D eigenvalue weighted by molar-refractivity contribution is -0.274. The molecule has 0 heterocycles. The van der Waals surface area contributed by atoms with Crippen molar-refractivity contribution in [2.24, 2.45) is 0 Å². The summed E-state index contributed by atoms with van der Waals surface area (Å²) < 4.78 is 44.6. The van der Waals surface area contributed by atoms with Gasteiger partial charge in [-0.25, -0.2) is 4.79 Å². The van der Waals surface area contributed by atoms with E-state index < -0.39 is 12.3 Å². The highest BCUT2D eigenvalue weighted by molar-refractivity contribution is 5.89. The summed E-state index contributed by atoms with van der Waals surface area (Å²) in [5.74, 6) is -0.683. The van der Waals surface area contributed by atoms with Crippen LogP contribution in [0.15, 0.2) is 48.5 Å². The highest BCUT2D eigenvalue weighted by Gasteiger charge is 2.30. The van der Waals surface area contributed by atoms with Crippen molar-refractivity contribution < 1.29 is 27.4 Å². The first-order valence-corrected chi connectivity index (χ1v) is 6.60. The van der Waals surface area contributed by atoms with Gasteiger partial charge in [0.1, 0.15) is 5.75 Å². The van der Waals surface area contributed by atoms with Gasteiger partial charge < -0.3 is 9.47 Å². The molecule has 0 saturated heterocycles. The molecule has 0 unspecified atom stereocenters. The number of esters is 1. The summed E-state index contributed by atoms with van der Waals surface area (Å²) in [5.41, 5.74) is 2.00. The van der Waals surface area contributed by atoms with Crippen molar-refractivity contribution in [1.29, 1.82) is 0 Å². The zero-order valence-corrected chi connectivity index (χ0v) is 12.1. The molecule has 6 heteroatoms. The summed E-state index contributed by atoms with van der Waals surface area (Å²) in [6.07, 6.45) is -1.18. The monoisotopic (exact) mass is 322 g/mol. The Balaban J connectivity index is 2.04. The number of methoxy groups -OCH3 is 1. The first kappa shape index (κ1) is 16.6. The van der Waals surface area contributed by atoms with Crippen LogP contribution in [0.2, 0.25) is 0 Å². The third-order valence-electron chi connectivity index (χ3n) is 2.91. The third-order valence-corrected chi connectivity index (χ3v) is 2.91. The number of benzene rings is 2. The van der Waals surface area contributed by atoms with E-state index in [9.17, 15) is 18.0 Å². The summed E-state index contributed by atoms with van der Waals surface area (Å²) in [7, 11) is 1.31. The zero-order chi connectivity index (χ0) is 16.9. The number of halogens is 3. The summed E-state index contributed by atoms with van der Waals surface area (Å²) >= 11 is 0. The quantitative estimate of drug-likeness (QED) is 0.612. The van der Waals surface area contributed by atoms with E-state index in [0.717, 1.165) is 11.1 Å². The van der Waals surface area contributed by atoms with Gasteiger partial charge in [-0.3, -0.25) is 0 Å². The highest BCUT2D eigenvalue weighted by Crippen LogP contribution is 2.23. The average Bonchev–Trinajstić information content (AvgIpc) is 2.52. The van der Waals surface area contributed by atoms with E-state index in [1.807, 2.05) is 0 Å². The van der Waals surface area contributed by atoms with Crippen LogP contribution >= 0.6 is 0 Å². The molecule has 0 atom stereocenters. The number of carbonyl (C=O) groups excluding carboxylic acids is 1. The normalized spacial score (nSPS) is 11.5. The molecule has 0 aliphatic carbocycles. The predicted octanol–water partition coefficient (Wildman–Crippen LogP) is 4.54. The molecular weight excluding hydrogens is 309 g/mol. The predicted molar refractivity (Wildman–Crippen MR) is 79.8 cm³/mol. The maximum Gasteiger partial charge on any atom is 0.573 e. The summed E-state index contributed by atoms with van der Waals surface area (Å²) in [6.45, 7) is 0. The van der Waals surface area contributed by atoms with Crippen molar-refractivity contribution >= 4 is 18.1 Å². The molecule has 0 amide bonds. The molecule has 0 radical (unpaired) electrons. The third kappa shape index (κ3) is 5.18. The first-order chi connectivity index (χ1) is 10.9. The van der Waals surface area contributed by atoms with E-state index in [-0.39, 0.29) is 5.75 Å². The largest absolute Gasteiger partial charge is 0.573 e. The van der Waals surface area contributed by atoms with Gasteiger partial charge in [-0.1, -0.05) is 36.4 Å². The second-order valence-corrected chi connectivity index (χ2v) is 4.56. The Labute approximate surface area is 131 Å². The van der Waals surface area contributed by atoms with Crippen molar-refractivity contribution in [2.75, 3.05) is 7.11 Å². The lowest BCUT2D eigenvalue weighted by Gasteiger charge is -2.08. The Morgan fingerprint density at radius 3 is 1.83 bits per heavy atom. The smallest absolute Gasteiger partial charge is 0.465 e. The Bertz CT molecular complexity index is 687. The molecular formula is C17H13F3O3. The molecule has 0 spiro atoms. The Kier molecular flexibility index (Phi) is 5.05. The minimum atomic E-state index is -4.70. The van der Waals surface area contributed by atoms with Crippen LogP contribution in [-0.4, -0.2) is 19.4 Å². The molecule has 120 valence electrons. The molecule has 2 aromatic carbocycles. The van der Waals surface area contributed by atoms with E-state index in [4.69, 9.17) is 0 Å². The highest BCUT2D eigenvalue weighted by atomic mass is 19.4. The summed E-state index contributed by atoms with van der Waals surface area (Å²) in [4.78, 5) is 11.3. The fraction of sp³-hybridized carbons (Fsp3) is 0.118. The molecule has 0 aliphatic heterocycles. The number of hydrogen-bond acceptors (Lipinski definition) is 3. The van der Waals surface area contributed by atoms with Crippen LogP contribution in [0.1, 0.15) is 21.5 Å². The topological polar surface area (TPSA) is 35.5 Å². The summed E-state index contributed by atoms with van der Waals surface area (Å²) in [5, 5.41) is 0. The fourth-order valence-corrected chi connectivity index (χ4v) is 1.82. The van der Waals surface area contributed by atoms with Gasteiger partial charge in [0.05, 0.1) is 12.7 Å².